The summed E-state index contributed by atoms with van der Waals surface area (Å²) in [5, 5.41) is 0. The average molecular weight is 862 g/mol. The first-order chi connectivity index (χ1) is 3.00. The van der Waals surface area contributed by atoms with Crippen molar-refractivity contribution in [3.05, 3.63) is 29.7 Å². The first-order valence-corrected chi connectivity index (χ1v) is 3.00. The summed E-state index contributed by atoms with van der Waals surface area (Å²) in [6.07, 6.45) is 0. The van der Waals surface area contributed by atoms with E-state index in [2.05, 4.69) is 0 Å². The topological polar surface area (TPSA) is 0 Å². The van der Waals surface area contributed by atoms with Gasteiger partial charge in [0.05, 0.1) is 0 Å². The Bertz CT molecular complexity index is 17.8. The van der Waals surface area contributed by atoms with E-state index >= 15 is 0 Å². The molecule has 0 aliphatic rings. The number of rotatable bonds is 0. The predicted molar refractivity (Wildman–Crippen MR) is 59.7 cm³/mol. The van der Waals surface area contributed by atoms with Gasteiger partial charge in [0.25, 0.3) is 0 Å². The Hall–Kier alpha value is 8.83. The fourth-order valence-corrected chi connectivity index (χ4v) is 0. The molecule has 7 radical (unpaired) electrons. The van der Waals surface area contributed by atoms with Gasteiger partial charge in [-0.15, -0.1) is 0 Å². The summed E-state index contributed by atoms with van der Waals surface area (Å²) in [4.78, 5) is 0. The number of hydrogen-bond donors (Lipinski definition) is 0. The molecule has 0 unspecified atom stereocenters. The van der Waals surface area contributed by atoms with Crippen molar-refractivity contribution in [3.8, 4) is 0 Å². The molecule has 0 aromatic carbocycles. The Morgan fingerprint density at radius 2 is 0.278 bits per heavy atom. The van der Waals surface area contributed by atoms with Gasteiger partial charge in [-0.2, -0.15) is 0 Å². The fourth-order valence-electron chi connectivity index (χ4n) is 0. The zero-order chi connectivity index (χ0) is 6.00. The first-order valence-electron chi connectivity index (χ1n) is 3.00. The van der Waals surface area contributed by atoms with Gasteiger partial charge in [-0.25, -0.2) is 0 Å². The zero-order valence-electron chi connectivity index (χ0n) is 14.6. The van der Waals surface area contributed by atoms with Crippen LogP contribution in [-0.4, -0.2) is 0 Å². The van der Waals surface area contributed by atoms with Crippen LogP contribution >= 0.6 is 0 Å². The molecule has 18 heavy (non-hydrogen) atoms. The van der Waals surface area contributed by atoms with Crippen molar-refractivity contribution in [1.82, 2.24) is 0 Å². The van der Waals surface area contributed by atoms with Crippen LogP contribution in [0, 0.1) is 29.7 Å². The van der Waals surface area contributed by atoms with Crippen LogP contribution in [0.15, 0.2) is 0 Å². The minimum Gasteiger partial charge on any atom is -0.358 e. The summed E-state index contributed by atoms with van der Waals surface area (Å²) in [6.45, 7) is 12.0. The third-order valence-corrected chi connectivity index (χ3v) is 0. The number of hydrogen-bond acceptors (Lipinski definition) is 0. The van der Waals surface area contributed by atoms with Gasteiger partial charge in [-0.1, -0.05) is 41.5 Å². The Kier molecular flexibility index (Phi) is 1450. The maximum absolute atomic E-state index is 2.00. The molecule has 0 nitrogen and oxygen atoms in total. The molecule has 0 aliphatic carbocycles. The molecule has 0 saturated heterocycles. The Morgan fingerprint density at radius 1 is 0.278 bits per heavy atom. The molecular formula is C10H30Y8-. The normalized spacial score (nSPS) is 1.00. The molecule has 95 valence electrons. The van der Waals surface area contributed by atoms with Crippen molar-refractivity contribution in [2.75, 3.05) is 0 Å². The average Bonchev–Trinajstić information content (AvgIpc) is 1.81. The molecule has 0 aliphatic heterocycles. The molecule has 0 aromatic heterocycles. The first kappa shape index (κ1) is 128. The summed E-state index contributed by atoms with van der Waals surface area (Å²) in [5.41, 5.74) is 0. The molecule has 0 N–H and O–H groups in total. The van der Waals surface area contributed by atoms with E-state index in [-0.39, 0.29) is 291 Å². The predicted octanol–water partition coefficient (Wildman–Crippen LogP) is 4.86. The molecule has 0 spiro atoms. The molecule has 0 amide bonds. The van der Waals surface area contributed by atoms with Gasteiger partial charge in [-0.05, 0) is 0 Å². The van der Waals surface area contributed by atoms with Gasteiger partial charge in [0.15, 0.2) is 0 Å². The van der Waals surface area contributed by atoms with E-state index in [9.17, 15) is 0 Å². The van der Waals surface area contributed by atoms with Crippen LogP contribution in [0.25, 0.3) is 0 Å². The summed E-state index contributed by atoms with van der Waals surface area (Å²) < 4.78 is 0. The van der Waals surface area contributed by atoms with Crippen LogP contribution < -0.4 is 0 Å². The van der Waals surface area contributed by atoms with Crippen LogP contribution in [0.3, 0.4) is 0 Å². The standard InChI is InChI=1S/3C2H6.4CH3.8Y/c3*1-2;;;;;;;;;;;;/h3*1-2H3;4*1H3;;;;;;;;/q;;;4*-1;;;;;;;;+3. The van der Waals surface area contributed by atoms with Crippen molar-refractivity contribution < 1.29 is 262 Å². The van der Waals surface area contributed by atoms with Crippen LogP contribution in [-0.2, 0) is 262 Å². The molecule has 0 bridgehead atoms. The summed E-state index contributed by atoms with van der Waals surface area (Å²) in [5.74, 6) is 0. The van der Waals surface area contributed by atoms with E-state index in [0.29, 0.717) is 0 Å². The molecule has 0 saturated carbocycles. The third kappa shape index (κ3) is 181. The van der Waals surface area contributed by atoms with Gasteiger partial charge < -0.3 is 29.7 Å². The van der Waals surface area contributed by atoms with Crippen LogP contribution in [0.4, 0.5) is 0 Å². The van der Waals surface area contributed by atoms with Gasteiger partial charge in [0.2, 0.25) is 0 Å². The molecule has 0 fully saturated rings. The Morgan fingerprint density at radius 3 is 0.278 bits per heavy atom. The molecular weight excluding hydrogens is 831 g/mol. The van der Waals surface area contributed by atoms with E-state index in [1.807, 2.05) is 41.5 Å². The monoisotopic (exact) mass is 861 g/mol. The fraction of sp³-hybridized carbons (Fsp3) is 0.600. The van der Waals surface area contributed by atoms with Crippen molar-refractivity contribution >= 4 is 0 Å². The molecule has 0 heterocycles. The molecule has 0 atom stereocenters. The smallest absolute Gasteiger partial charge is 0.358 e. The van der Waals surface area contributed by atoms with E-state index in [1.165, 1.54) is 0 Å². The SMILES string of the molecule is CC.CC.CC.[CH3-].[CH3-].[CH3-].[CH3-].[Y+3].[Y].[Y].[Y].[Y].[Y].[Y].[Y]. The van der Waals surface area contributed by atoms with E-state index in [0.717, 1.165) is 0 Å². The van der Waals surface area contributed by atoms with Crippen molar-refractivity contribution in [3.63, 3.8) is 0 Å². The van der Waals surface area contributed by atoms with E-state index < -0.39 is 0 Å². The summed E-state index contributed by atoms with van der Waals surface area (Å²) >= 11 is 0. The second-order valence-electron chi connectivity index (χ2n) is 0. The summed E-state index contributed by atoms with van der Waals surface area (Å²) in [6, 6.07) is 0. The largest absolute Gasteiger partial charge is 3.00 e. The van der Waals surface area contributed by atoms with Gasteiger partial charge >= 0.3 is 32.7 Å². The summed E-state index contributed by atoms with van der Waals surface area (Å²) in [7, 11) is 0. The Labute approximate surface area is 323 Å². The third-order valence-electron chi connectivity index (χ3n) is 0. The van der Waals surface area contributed by atoms with Crippen LogP contribution in [0.2, 0.25) is 0 Å². The van der Waals surface area contributed by atoms with E-state index in [1.54, 1.807) is 0 Å². The van der Waals surface area contributed by atoms with E-state index in [4.69, 9.17) is 0 Å². The van der Waals surface area contributed by atoms with Gasteiger partial charge in [0, 0.05) is 229 Å². The molecule has 8 heteroatoms. The molecule has 0 aromatic rings. The minimum atomic E-state index is 0. The maximum atomic E-state index is 2.00. The minimum absolute atomic E-state index is 0. The second-order valence-corrected chi connectivity index (χ2v) is 0. The van der Waals surface area contributed by atoms with Gasteiger partial charge in [-0.3, -0.25) is 0 Å². The van der Waals surface area contributed by atoms with Gasteiger partial charge in [0.1, 0.15) is 0 Å². The van der Waals surface area contributed by atoms with Crippen molar-refractivity contribution in [2.45, 2.75) is 41.5 Å². The Balaban J connectivity index is -0.000000000433. The van der Waals surface area contributed by atoms with Crippen molar-refractivity contribution in [1.29, 1.82) is 0 Å². The quantitative estimate of drug-likeness (QED) is 0.306. The zero-order valence-corrected chi connectivity index (χ0v) is 37.3. The molecule has 0 rings (SSSR count). The van der Waals surface area contributed by atoms with Crippen LogP contribution in [0.5, 0.6) is 0 Å². The maximum Gasteiger partial charge on any atom is 3.00 e. The van der Waals surface area contributed by atoms with Crippen molar-refractivity contribution in [2.24, 2.45) is 0 Å². The van der Waals surface area contributed by atoms with Crippen LogP contribution in [0.1, 0.15) is 41.5 Å². The second kappa shape index (κ2) is 204.